The molecule has 0 saturated heterocycles. The van der Waals surface area contributed by atoms with Crippen LogP contribution in [0, 0.1) is 5.41 Å². The van der Waals surface area contributed by atoms with Crippen LogP contribution in [0.5, 0.6) is 0 Å². The van der Waals surface area contributed by atoms with Gasteiger partial charge < -0.3 is 26.3 Å². The van der Waals surface area contributed by atoms with Crippen LogP contribution in [0.25, 0.3) is 0 Å². The van der Waals surface area contributed by atoms with Gasteiger partial charge in [-0.1, -0.05) is 30.3 Å². The molecule has 10 heteroatoms. The zero-order valence-electron chi connectivity index (χ0n) is 17.2. The number of aromatic nitrogens is 2. The van der Waals surface area contributed by atoms with Crippen molar-refractivity contribution in [2.75, 3.05) is 0 Å². The summed E-state index contributed by atoms with van der Waals surface area (Å²) in [6, 6.07) is 7.30. The maximum atomic E-state index is 12.8. The number of nitrogens with one attached hydrogen (secondary N) is 5. The Labute approximate surface area is 179 Å². The highest BCUT2D eigenvalue weighted by atomic mass is 16.2. The Hall–Kier alpha value is -3.82. The van der Waals surface area contributed by atoms with E-state index in [9.17, 15) is 19.2 Å². The van der Waals surface area contributed by atoms with Crippen LogP contribution in [0.2, 0.25) is 0 Å². The molecule has 1 heterocycles. The van der Waals surface area contributed by atoms with Gasteiger partial charge in [-0.25, -0.2) is 4.98 Å². The minimum atomic E-state index is -1.00. The van der Waals surface area contributed by atoms with Crippen molar-refractivity contribution in [2.24, 2.45) is 0 Å². The number of carbonyl (C=O) groups excluding carboxylic acids is 4. The lowest BCUT2D eigenvalue weighted by Crippen LogP contribution is -2.54. The van der Waals surface area contributed by atoms with Gasteiger partial charge in [0.05, 0.1) is 18.2 Å². The highest BCUT2D eigenvalue weighted by Gasteiger charge is 2.27. The van der Waals surface area contributed by atoms with E-state index >= 15 is 0 Å². The lowest BCUT2D eigenvalue weighted by Gasteiger charge is -2.22. The van der Waals surface area contributed by atoms with Crippen molar-refractivity contribution in [1.29, 1.82) is 5.41 Å². The number of amides is 3. The highest BCUT2D eigenvalue weighted by Crippen LogP contribution is 2.04. The monoisotopic (exact) mass is 426 g/mol. The second-order valence-corrected chi connectivity index (χ2v) is 6.93. The Balaban J connectivity index is 2.07. The van der Waals surface area contributed by atoms with Crippen molar-refractivity contribution in [1.82, 2.24) is 25.9 Å². The van der Waals surface area contributed by atoms with E-state index in [2.05, 4.69) is 25.9 Å². The lowest BCUT2D eigenvalue weighted by atomic mass is 10.1. The number of hydrogen-bond acceptors (Lipinski definition) is 6. The number of hydrogen-bond donors (Lipinski definition) is 5. The fourth-order valence-electron chi connectivity index (χ4n) is 2.87. The summed E-state index contributed by atoms with van der Waals surface area (Å²) in [6.45, 7) is 1.55. The van der Waals surface area contributed by atoms with Crippen molar-refractivity contribution in [3.8, 4) is 0 Å². The second kappa shape index (κ2) is 12.0. The van der Waals surface area contributed by atoms with Crippen molar-refractivity contribution in [2.45, 2.75) is 44.8 Å². The van der Waals surface area contributed by atoms with Crippen LogP contribution < -0.4 is 16.0 Å². The molecule has 0 bridgehead atoms. The van der Waals surface area contributed by atoms with Gasteiger partial charge in [0, 0.05) is 32.5 Å². The lowest BCUT2D eigenvalue weighted by molar-refractivity contribution is -0.132. The van der Waals surface area contributed by atoms with Crippen LogP contribution in [0.1, 0.15) is 31.0 Å². The number of rotatable bonds is 12. The van der Waals surface area contributed by atoms with E-state index in [1.54, 1.807) is 6.20 Å². The number of nitrogens with zero attached hydrogens (tertiary/aromatic N) is 1. The third kappa shape index (κ3) is 8.21. The first kappa shape index (κ1) is 23.5. The molecule has 10 nitrogen and oxygen atoms in total. The standard InChI is InChI=1S/C21H26N6O4/c1-14(28)26-19(9-16-12-23-13-25-16)21(31)27-18(8-7-17(29)10-22)20(30)24-11-15-5-3-2-4-6-15/h2-6,10,12-13,18-19,22H,7-9,11H2,1H3,(H,23,25)(H,24,30)(H,26,28)(H,27,31)/t18-,19-/m0/s1. The van der Waals surface area contributed by atoms with Crippen LogP contribution in [0.3, 0.4) is 0 Å². The summed E-state index contributed by atoms with van der Waals surface area (Å²) in [5.41, 5.74) is 1.45. The number of aromatic amines is 1. The van der Waals surface area contributed by atoms with E-state index in [4.69, 9.17) is 5.41 Å². The Morgan fingerprint density at radius 1 is 1.10 bits per heavy atom. The van der Waals surface area contributed by atoms with Crippen molar-refractivity contribution in [3.05, 3.63) is 54.1 Å². The van der Waals surface area contributed by atoms with Crippen LogP contribution in [0.4, 0.5) is 0 Å². The first-order chi connectivity index (χ1) is 14.9. The summed E-state index contributed by atoms with van der Waals surface area (Å²) in [6.07, 6.45) is 3.83. The molecule has 0 unspecified atom stereocenters. The number of imidazole rings is 1. The molecule has 2 atom stereocenters. The molecule has 0 spiro atoms. The Morgan fingerprint density at radius 3 is 2.45 bits per heavy atom. The minimum Gasteiger partial charge on any atom is -0.351 e. The molecule has 1 aromatic heterocycles. The molecular weight excluding hydrogens is 400 g/mol. The normalized spacial score (nSPS) is 12.3. The topological polar surface area (TPSA) is 157 Å². The van der Waals surface area contributed by atoms with Gasteiger partial charge in [-0.3, -0.25) is 19.2 Å². The molecule has 0 aliphatic carbocycles. The molecule has 31 heavy (non-hydrogen) atoms. The van der Waals surface area contributed by atoms with Crippen LogP contribution in [0.15, 0.2) is 42.9 Å². The molecule has 0 aliphatic heterocycles. The molecule has 0 radical (unpaired) electrons. The SMILES string of the molecule is CC(=O)N[C@@H](Cc1c[nH]cn1)C(=O)N[C@@H](CCC(=O)C=N)C(=O)NCc1ccccc1. The molecule has 0 aliphatic rings. The zero-order chi connectivity index (χ0) is 22.6. The van der Waals surface area contributed by atoms with Gasteiger partial charge in [0.1, 0.15) is 12.1 Å². The third-order valence-electron chi connectivity index (χ3n) is 4.45. The van der Waals surface area contributed by atoms with E-state index in [-0.39, 0.29) is 25.8 Å². The van der Waals surface area contributed by atoms with Gasteiger partial charge in [-0.15, -0.1) is 0 Å². The molecule has 164 valence electrons. The summed E-state index contributed by atoms with van der Waals surface area (Å²) in [7, 11) is 0. The Kier molecular flexibility index (Phi) is 9.09. The smallest absolute Gasteiger partial charge is 0.243 e. The van der Waals surface area contributed by atoms with E-state index in [1.165, 1.54) is 13.3 Å². The summed E-state index contributed by atoms with van der Waals surface area (Å²) in [5.74, 6) is -1.89. The summed E-state index contributed by atoms with van der Waals surface area (Å²) in [4.78, 5) is 55.5. The Bertz CT molecular complexity index is 898. The molecule has 0 fully saturated rings. The largest absolute Gasteiger partial charge is 0.351 e. The number of benzene rings is 1. The molecule has 5 N–H and O–H groups in total. The van der Waals surface area contributed by atoms with Gasteiger partial charge in [-0.2, -0.15) is 0 Å². The van der Waals surface area contributed by atoms with Crippen molar-refractivity contribution < 1.29 is 19.2 Å². The van der Waals surface area contributed by atoms with Gasteiger partial charge in [0.2, 0.25) is 17.7 Å². The summed E-state index contributed by atoms with van der Waals surface area (Å²) < 4.78 is 0. The van der Waals surface area contributed by atoms with Crippen molar-refractivity contribution >= 4 is 29.7 Å². The predicted molar refractivity (Wildman–Crippen MR) is 113 cm³/mol. The molecule has 1 aromatic carbocycles. The predicted octanol–water partition coefficient (Wildman–Crippen LogP) is 0.257. The number of H-pyrrole nitrogens is 1. The van der Waals surface area contributed by atoms with Gasteiger partial charge >= 0.3 is 0 Å². The van der Waals surface area contributed by atoms with Gasteiger partial charge in [0.15, 0.2) is 5.78 Å². The van der Waals surface area contributed by atoms with Crippen LogP contribution in [-0.2, 0) is 32.1 Å². The third-order valence-corrected chi connectivity index (χ3v) is 4.45. The summed E-state index contributed by atoms with van der Waals surface area (Å²) >= 11 is 0. The fourth-order valence-corrected chi connectivity index (χ4v) is 2.87. The molecule has 0 saturated carbocycles. The quantitative estimate of drug-likeness (QED) is 0.308. The van der Waals surface area contributed by atoms with E-state index in [0.717, 1.165) is 5.56 Å². The Morgan fingerprint density at radius 2 is 1.84 bits per heavy atom. The van der Waals surface area contributed by atoms with E-state index < -0.39 is 35.6 Å². The summed E-state index contributed by atoms with van der Waals surface area (Å²) in [5, 5.41) is 15.0. The van der Waals surface area contributed by atoms with Crippen LogP contribution >= 0.6 is 0 Å². The highest BCUT2D eigenvalue weighted by molar-refractivity contribution is 6.26. The number of ketones is 1. The second-order valence-electron chi connectivity index (χ2n) is 6.93. The maximum absolute atomic E-state index is 12.8. The molecule has 2 aromatic rings. The average molecular weight is 426 g/mol. The zero-order valence-corrected chi connectivity index (χ0v) is 17.2. The minimum absolute atomic E-state index is 0.0236. The van der Waals surface area contributed by atoms with Crippen LogP contribution in [-0.4, -0.2) is 51.8 Å². The van der Waals surface area contributed by atoms with Gasteiger partial charge in [-0.05, 0) is 12.0 Å². The first-order valence-electron chi connectivity index (χ1n) is 9.79. The van der Waals surface area contributed by atoms with Gasteiger partial charge in [0.25, 0.3) is 0 Å². The van der Waals surface area contributed by atoms with E-state index in [0.29, 0.717) is 11.9 Å². The molecule has 2 rings (SSSR count). The van der Waals surface area contributed by atoms with E-state index in [1.807, 2.05) is 30.3 Å². The maximum Gasteiger partial charge on any atom is 0.243 e. The fraction of sp³-hybridized carbons (Fsp3) is 0.333. The van der Waals surface area contributed by atoms with Crippen molar-refractivity contribution in [3.63, 3.8) is 0 Å². The molecule has 3 amide bonds. The number of carbonyl (C=O) groups is 4. The number of Topliss-reactive ketones (excluding diaryl/α,β-unsaturated/α-hetero) is 1. The first-order valence-corrected chi connectivity index (χ1v) is 9.79. The average Bonchev–Trinajstić information content (AvgIpc) is 3.27. The molecular formula is C21H26N6O4.